The van der Waals surface area contributed by atoms with Crippen molar-refractivity contribution >= 4 is 11.8 Å². The molecule has 2 N–H and O–H groups in total. The van der Waals surface area contributed by atoms with E-state index in [1.54, 1.807) is 0 Å². The predicted molar refractivity (Wildman–Crippen MR) is 61.6 cm³/mol. The molecule has 0 bridgehead atoms. The topological polar surface area (TPSA) is 35.2 Å². The summed E-state index contributed by atoms with van der Waals surface area (Å²) in [6.07, 6.45) is 4.72. The fourth-order valence-corrected chi connectivity index (χ4v) is 4.01. The van der Waals surface area contributed by atoms with Gasteiger partial charge in [0, 0.05) is 18.4 Å². The lowest BCUT2D eigenvalue weighted by Gasteiger charge is -2.39. The smallest absolute Gasteiger partial charge is 0.0783 e. The third-order valence-corrected chi connectivity index (χ3v) is 4.90. The Balaban J connectivity index is 1.96. The molecule has 0 aromatic carbocycles. The summed E-state index contributed by atoms with van der Waals surface area (Å²) in [6, 6.07) is 0.390. The average Bonchev–Trinajstić information content (AvgIpc) is 2.65. The predicted octanol–water partition coefficient (Wildman–Crippen LogP) is 2.03. The molecule has 2 saturated heterocycles. The highest BCUT2D eigenvalue weighted by Gasteiger charge is 2.41. The molecule has 3 atom stereocenters. The van der Waals surface area contributed by atoms with Crippen LogP contribution in [-0.2, 0) is 4.74 Å². The van der Waals surface area contributed by atoms with E-state index in [2.05, 4.69) is 6.92 Å². The zero-order valence-corrected chi connectivity index (χ0v) is 9.81. The highest BCUT2D eigenvalue weighted by molar-refractivity contribution is 7.99. The molecule has 3 heteroatoms. The SMILES string of the molecule is CCC(N)C1CCOC2(CCSC2)C1. The van der Waals surface area contributed by atoms with Crippen LogP contribution in [0.1, 0.15) is 32.6 Å². The first-order valence-electron chi connectivity index (χ1n) is 5.73. The molecule has 0 amide bonds. The standard InChI is InChI=1S/C11H21NOS/c1-2-10(12)9-3-5-13-11(7-9)4-6-14-8-11/h9-10H,2-8,12H2,1H3. The lowest BCUT2D eigenvalue weighted by molar-refractivity contribution is -0.0832. The van der Waals surface area contributed by atoms with Crippen molar-refractivity contribution in [2.45, 2.75) is 44.2 Å². The number of ether oxygens (including phenoxy) is 1. The highest BCUT2D eigenvalue weighted by atomic mass is 32.2. The summed E-state index contributed by atoms with van der Waals surface area (Å²) in [6.45, 7) is 3.12. The Labute approximate surface area is 91.0 Å². The van der Waals surface area contributed by atoms with Crippen LogP contribution in [-0.4, -0.2) is 29.8 Å². The van der Waals surface area contributed by atoms with Gasteiger partial charge in [-0.3, -0.25) is 0 Å². The Morgan fingerprint density at radius 3 is 3.14 bits per heavy atom. The largest absolute Gasteiger partial charge is 0.374 e. The van der Waals surface area contributed by atoms with E-state index in [0.29, 0.717) is 12.0 Å². The molecule has 2 nitrogen and oxygen atoms in total. The van der Waals surface area contributed by atoms with E-state index in [1.165, 1.54) is 30.8 Å². The van der Waals surface area contributed by atoms with Gasteiger partial charge in [-0.05, 0) is 37.4 Å². The molecule has 0 aliphatic carbocycles. The molecule has 2 aliphatic rings. The van der Waals surface area contributed by atoms with Crippen LogP contribution in [0.4, 0.5) is 0 Å². The molecule has 2 rings (SSSR count). The van der Waals surface area contributed by atoms with E-state index in [0.717, 1.165) is 13.0 Å². The average molecular weight is 215 g/mol. The molecule has 0 radical (unpaired) electrons. The van der Waals surface area contributed by atoms with Gasteiger partial charge in [0.1, 0.15) is 0 Å². The van der Waals surface area contributed by atoms with Gasteiger partial charge in [0.25, 0.3) is 0 Å². The Morgan fingerprint density at radius 1 is 1.64 bits per heavy atom. The van der Waals surface area contributed by atoms with Gasteiger partial charge in [-0.1, -0.05) is 6.92 Å². The molecule has 1 spiro atoms. The van der Waals surface area contributed by atoms with Crippen molar-refractivity contribution in [3.63, 3.8) is 0 Å². The maximum absolute atomic E-state index is 6.14. The van der Waals surface area contributed by atoms with Crippen LogP contribution < -0.4 is 5.73 Å². The van der Waals surface area contributed by atoms with Gasteiger partial charge in [-0.15, -0.1) is 0 Å². The summed E-state index contributed by atoms with van der Waals surface area (Å²) >= 11 is 2.03. The zero-order valence-electron chi connectivity index (χ0n) is 9.00. The number of rotatable bonds is 2. The van der Waals surface area contributed by atoms with Gasteiger partial charge >= 0.3 is 0 Å². The first-order chi connectivity index (χ1) is 6.76. The molecule has 82 valence electrons. The van der Waals surface area contributed by atoms with Crippen LogP contribution in [0.15, 0.2) is 0 Å². The molecule has 2 heterocycles. The third-order valence-electron chi connectivity index (χ3n) is 3.68. The van der Waals surface area contributed by atoms with E-state index in [4.69, 9.17) is 10.5 Å². The van der Waals surface area contributed by atoms with Crippen LogP contribution in [0.2, 0.25) is 0 Å². The summed E-state index contributed by atoms with van der Waals surface area (Å²) in [5.74, 6) is 3.17. The molecule has 0 aromatic rings. The summed E-state index contributed by atoms with van der Waals surface area (Å²) in [7, 11) is 0. The number of nitrogens with two attached hydrogens (primary N) is 1. The summed E-state index contributed by atoms with van der Waals surface area (Å²) in [5.41, 5.74) is 6.34. The highest BCUT2D eigenvalue weighted by Crippen LogP contribution is 2.41. The third kappa shape index (κ3) is 2.10. The number of thioether (sulfide) groups is 1. The van der Waals surface area contributed by atoms with Crippen molar-refractivity contribution < 1.29 is 4.74 Å². The quantitative estimate of drug-likeness (QED) is 0.765. The zero-order chi connectivity index (χ0) is 10.0. The summed E-state index contributed by atoms with van der Waals surface area (Å²) in [4.78, 5) is 0. The maximum Gasteiger partial charge on any atom is 0.0783 e. The van der Waals surface area contributed by atoms with Crippen molar-refractivity contribution in [1.82, 2.24) is 0 Å². The second kappa shape index (κ2) is 4.42. The van der Waals surface area contributed by atoms with Gasteiger partial charge in [-0.25, -0.2) is 0 Å². The lowest BCUT2D eigenvalue weighted by atomic mass is 9.81. The minimum absolute atomic E-state index is 0.209. The maximum atomic E-state index is 6.14. The second-order valence-electron chi connectivity index (χ2n) is 4.66. The van der Waals surface area contributed by atoms with E-state index in [-0.39, 0.29) is 5.60 Å². The van der Waals surface area contributed by atoms with Gasteiger partial charge < -0.3 is 10.5 Å². The summed E-state index contributed by atoms with van der Waals surface area (Å²) < 4.78 is 5.97. The van der Waals surface area contributed by atoms with Crippen molar-refractivity contribution in [1.29, 1.82) is 0 Å². The minimum Gasteiger partial charge on any atom is -0.374 e. The van der Waals surface area contributed by atoms with Crippen LogP contribution in [0.25, 0.3) is 0 Å². The Kier molecular flexibility index (Phi) is 3.40. The first-order valence-corrected chi connectivity index (χ1v) is 6.88. The molecule has 0 saturated carbocycles. The molecular formula is C11H21NOS. The molecule has 3 unspecified atom stereocenters. The van der Waals surface area contributed by atoms with Crippen LogP contribution >= 0.6 is 11.8 Å². The normalized spacial score (nSPS) is 40.3. The molecule has 2 fully saturated rings. The molecule has 14 heavy (non-hydrogen) atoms. The first kappa shape index (κ1) is 10.8. The Hall–Kier alpha value is 0.270. The van der Waals surface area contributed by atoms with Crippen molar-refractivity contribution in [3.05, 3.63) is 0 Å². The van der Waals surface area contributed by atoms with E-state index < -0.39 is 0 Å². The van der Waals surface area contributed by atoms with Crippen molar-refractivity contribution in [3.8, 4) is 0 Å². The summed E-state index contributed by atoms with van der Waals surface area (Å²) in [5, 5.41) is 0. The van der Waals surface area contributed by atoms with Crippen LogP contribution in [0.5, 0.6) is 0 Å². The van der Waals surface area contributed by atoms with Crippen LogP contribution in [0, 0.1) is 5.92 Å². The van der Waals surface area contributed by atoms with Gasteiger partial charge in [0.2, 0.25) is 0 Å². The molecule has 0 aromatic heterocycles. The molecular weight excluding hydrogens is 194 g/mol. The van der Waals surface area contributed by atoms with E-state index >= 15 is 0 Å². The van der Waals surface area contributed by atoms with Crippen molar-refractivity contribution in [2.75, 3.05) is 18.1 Å². The second-order valence-corrected chi connectivity index (χ2v) is 5.76. The minimum atomic E-state index is 0.209. The lowest BCUT2D eigenvalue weighted by Crippen LogP contribution is -2.45. The van der Waals surface area contributed by atoms with E-state index in [9.17, 15) is 0 Å². The number of hydrogen-bond donors (Lipinski definition) is 1. The van der Waals surface area contributed by atoms with Crippen LogP contribution in [0.3, 0.4) is 0 Å². The molecule has 2 aliphatic heterocycles. The van der Waals surface area contributed by atoms with Gasteiger partial charge in [0.05, 0.1) is 5.60 Å². The monoisotopic (exact) mass is 215 g/mol. The number of hydrogen-bond acceptors (Lipinski definition) is 3. The van der Waals surface area contributed by atoms with Gasteiger partial charge in [0.15, 0.2) is 0 Å². The Morgan fingerprint density at radius 2 is 2.50 bits per heavy atom. The fraction of sp³-hybridized carbons (Fsp3) is 1.00. The van der Waals surface area contributed by atoms with Gasteiger partial charge in [-0.2, -0.15) is 11.8 Å². The van der Waals surface area contributed by atoms with E-state index in [1.807, 2.05) is 11.8 Å². The van der Waals surface area contributed by atoms with Crippen molar-refractivity contribution in [2.24, 2.45) is 11.7 Å². The fourth-order valence-electron chi connectivity index (χ4n) is 2.63. The Bertz CT molecular complexity index is 192.